The summed E-state index contributed by atoms with van der Waals surface area (Å²) in [5.74, 6) is -1.63. The van der Waals surface area contributed by atoms with E-state index in [1.165, 1.54) is 6.07 Å². The Kier molecular flexibility index (Phi) is 10.8. The largest absolute Gasteiger partial charge is 0.391 e. The number of allylic oxidation sites excluding steroid dienone is 2. The van der Waals surface area contributed by atoms with Crippen molar-refractivity contribution in [2.75, 3.05) is 19.6 Å². The van der Waals surface area contributed by atoms with Gasteiger partial charge in [-0.25, -0.2) is 4.39 Å². The Morgan fingerprint density at radius 1 is 1.08 bits per heavy atom. The Hall–Kier alpha value is -3.29. The number of carbonyl (C=O) groups excluding carboxylic acids is 2. The van der Waals surface area contributed by atoms with Gasteiger partial charge in [0, 0.05) is 43.2 Å². The molecule has 2 aromatic carbocycles. The number of amides is 2. The molecule has 0 bridgehead atoms. The molecule has 1 unspecified atom stereocenters. The van der Waals surface area contributed by atoms with Crippen molar-refractivity contribution in [1.29, 1.82) is 0 Å². The summed E-state index contributed by atoms with van der Waals surface area (Å²) in [7, 11) is 0. The molecule has 204 valence electrons. The van der Waals surface area contributed by atoms with Crippen LogP contribution in [0.2, 0.25) is 0 Å². The maximum atomic E-state index is 14.1. The number of nitrogens with two attached hydrogens (primary N) is 1. The van der Waals surface area contributed by atoms with E-state index in [1.807, 2.05) is 49.1 Å². The molecule has 4 N–H and O–H groups in total. The number of aliphatic hydroxyl groups is 1. The predicted octanol–water partition coefficient (Wildman–Crippen LogP) is 4.14. The summed E-state index contributed by atoms with van der Waals surface area (Å²) in [6.07, 6.45) is 6.38. The second kappa shape index (κ2) is 14.0. The summed E-state index contributed by atoms with van der Waals surface area (Å²) in [6.45, 7) is 5.67. The third kappa shape index (κ3) is 7.17. The van der Waals surface area contributed by atoms with Crippen LogP contribution in [0, 0.1) is 17.2 Å². The van der Waals surface area contributed by atoms with E-state index >= 15 is 0 Å². The first-order valence-electron chi connectivity index (χ1n) is 13.5. The molecule has 2 amide bonds. The molecule has 1 aliphatic rings. The third-order valence-corrected chi connectivity index (χ3v) is 7.23. The minimum atomic E-state index is -1.27. The zero-order chi connectivity index (χ0) is 27.5. The van der Waals surface area contributed by atoms with Crippen molar-refractivity contribution in [3.63, 3.8) is 0 Å². The van der Waals surface area contributed by atoms with E-state index in [4.69, 9.17) is 5.73 Å². The lowest BCUT2D eigenvalue weighted by Crippen LogP contribution is -2.51. The number of benzene rings is 2. The summed E-state index contributed by atoms with van der Waals surface area (Å²) in [5.41, 5.74) is 6.75. The first kappa shape index (κ1) is 29.3. The van der Waals surface area contributed by atoms with Crippen LogP contribution in [0.3, 0.4) is 0 Å². The van der Waals surface area contributed by atoms with E-state index in [-0.39, 0.29) is 31.2 Å². The Morgan fingerprint density at radius 3 is 2.37 bits per heavy atom. The average molecular weight is 522 g/mol. The first-order valence-corrected chi connectivity index (χ1v) is 13.5. The molecular formula is C31H40FN3O3. The molecule has 0 saturated carbocycles. The van der Waals surface area contributed by atoms with Crippen molar-refractivity contribution < 1.29 is 19.1 Å². The van der Waals surface area contributed by atoms with Gasteiger partial charge in [0.25, 0.3) is 0 Å². The molecule has 0 aliphatic heterocycles. The minimum Gasteiger partial charge on any atom is -0.391 e. The molecule has 3 atom stereocenters. The second-order valence-corrected chi connectivity index (χ2v) is 10.0. The molecule has 1 aliphatic carbocycles. The predicted molar refractivity (Wildman–Crippen MR) is 148 cm³/mol. The summed E-state index contributed by atoms with van der Waals surface area (Å²) in [5, 5.41) is 14.6. The molecule has 0 spiro atoms. The summed E-state index contributed by atoms with van der Waals surface area (Å²) in [4.78, 5) is 28.5. The maximum Gasteiger partial charge on any atom is 0.249 e. The van der Waals surface area contributed by atoms with Gasteiger partial charge in [0.1, 0.15) is 5.82 Å². The maximum absolute atomic E-state index is 14.1. The molecule has 0 saturated heterocycles. The van der Waals surface area contributed by atoms with E-state index in [0.717, 1.165) is 18.4 Å². The van der Waals surface area contributed by atoms with Gasteiger partial charge < -0.3 is 21.1 Å². The number of aliphatic hydroxyl groups excluding tert-OH is 1. The quantitative estimate of drug-likeness (QED) is 0.348. The number of nitrogens with one attached hydrogen (secondary N) is 1. The highest BCUT2D eigenvalue weighted by Gasteiger charge is 2.47. The Balaban J connectivity index is 1.88. The van der Waals surface area contributed by atoms with Crippen molar-refractivity contribution in [2.45, 2.75) is 52.2 Å². The number of halogens is 1. The van der Waals surface area contributed by atoms with Gasteiger partial charge in [-0.3, -0.25) is 9.59 Å². The molecule has 38 heavy (non-hydrogen) atoms. The SMILES string of the molecule is CCCN(CCC)C(=O)C1=CC=CC(C(N)=O)([C@H](Cc2ccccc2)[C@@H](O)CNCc2ccccc2F)C1. The number of hydrogen-bond donors (Lipinski definition) is 3. The van der Waals surface area contributed by atoms with E-state index in [1.54, 1.807) is 36.4 Å². The summed E-state index contributed by atoms with van der Waals surface area (Å²) in [6, 6.07) is 16.1. The number of primary amides is 1. The molecule has 0 aromatic heterocycles. The molecule has 0 radical (unpaired) electrons. The first-order chi connectivity index (χ1) is 18.3. The van der Waals surface area contributed by atoms with Gasteiger partial charge in [-0.2, -0.15) is 0 Å². The van der Waals surface area contributed by atoms with Gasteiger partial charge in [-0.1, -0.05) is 80.6 Å². The van der Waals surface area contributed by atoms with Gasteiger partial charge >= 0.3 is 0 Å². The van der Waals surface area contributed by atoms with Crippen molar-refractivity contribution in [2.24, 2.45) is 17.1 Å². The molecular weight excluding hydrogens is 481 g/mol. The topological polar surface area (TPSA) is 95.7 Å². The Labute approximate surface area is 225 Å². The standard InChI is InChI=1S/C31H40FN3O3/c1-3-17-35(18-4-2)29(37)24-14-10-16-31(20-24,30(33)38)26(19-23-11-6-5-7-12-23)28(36)22-34-21-25-13-8-9-15-27(25)32/h5-16,26,28,34,36H,3-4,17-22H2,1-2H3,(H2,33,38)/t26-,28+,31?/m1/s1. The minimum absolute atomic E-state index is 0.102. The van der Waals surface area contributed by atoms with Crippen LogP contribution >= 0.6 is 0 Å². The lowest BCUT2D eigenvalue weighted by molar-refractivity contribution is -0.132. The molecule has 7 heteroatoms. The molecule has 0 fully saturated rings. The van der Waals surface area contributed by atoms with E-state index in [9.17, 15) is 19.1 Å². The van der Waals surface area contributed by atoms with Crippen LogP contribution in [0.4, 0.5) is 4.39 Å². The highest BCUT2D eigenvalue weighted by molar-refractivity contribution is 5.96. The molecule has 6 nitrogen and oxygen atoms in total. The molecule has 0 heterocycles. The van der Waals surface area contributed by atoms with Crippen LogP contribution in [-0.2, 0) is 22.6 Å². The van der Waals surface area contributed by atoms with Crippen LogP contribution in [0.1, 0.15) is 44.2 Å². The number of nitrogens with zero attached hydrogens (tertiary/aromatic N) is 1. The lowest BCUT2D eigenvalue weighted by atomic mass is 9.64. The van der Waals surface area contributed by atoms with Crippen molar-refractivity contribution >= 4 is 11.8 Å². The van der Waals surface area contributed by atoms with Crippen molar-refractivity contribution in [3.8, 4) is 0 Å². The number of rotatable bonds is 14. The van der Waals surface area contributed by atoms with Crippen LogP contribution < -0.4 is 11.1 Å². The Morgan fingerprint density at radius 2 is 1.74 bits per heavy atom. The van der Waals surface area contributed by atoms with Gasteiger partial charge in [0.15, 0.2) is 0 Å². The fourth-order valence-electron chi connectivity index (χ4n) is 5.25. The molecule has 3 rings (SSSR count). The van der Waals surface area contributed by atoms with E-state index < -0.39 is 23.3 Å². The van der Waals surface area contributed by atoms with Crippen molar-refractivity contribution in [1.82, 2.24) is 10.2 Å². The monoisotopic (exact) mass is 521 g/mol. The van der Waals surface area contributed by atoms with Crippen LogP contribution in [-0.4, -0.2) is 47.6 Å². The highest BCUT2D eigenvalue weighted by atomic mass is 19.1. The smallest absolute Gasteiger partial charge is 0.249 e. The van der Waals surface area contributed by atoms with Crippen molar-refractivity contribution in [3.05, 3.63) is 95.3 Å². The lowest BCUT2D eigenvalue weighted by Gasteiger charge is -2.41. The fraction of sp³-hybridized carbons (Fsp3) is 0.419. The van der Waals surface area contributed by atoms with E-state index in [0.29, 0.717) is 30.6 Å². The number of hydrogen-bond acceptors (Lipinski definition) is 4. The van der Waals surface area contributed by atoms with Gasteiger partial charge in [-0.15, -0.1) is 0 Å². The van der Waals surface area contributed by atoms with Gasteiger partial charge in [0.2, 0.25) is 11.8 Å². The van der Waals surface area contributed by atoms with Gasteiger partial charge in [-0.05, 0) is 37.3 Å². The average Bonchev–Trinajstić information content (AvgIpc) is 2.92. The zero-order valence-corrected chi connectivity index (χ0v) is 22.4. The van der Waals surface area contributed by atoms with Crippen LogP contribution in [0.25, 0.3) is 0 Å². The Bertz CT molecular complexity index is 1130. The normalized spacial score (nSPS) is 18.5. The second-order valence-electron chi connectivity index (χ2n) is 10.0. The third-order valence-electron chi connectivity index (χ3n) is 7.23. The zero-order valence-electron chi connectivity index (χ0n) is 22.4. The molecule has 2 aromatic rings. The van der Waals surface area contributed by atoms with E-state index in [2.05, 4.69) is 5.32 Å². The fourth-order valence-corrected chi connectivity index (χ4v) is 5.25. The van der Waals surface area contributed by atoms with Crippen LogP contribution in [0.5, 0.6) is 0 Å². The van der Waals surface area contributed by atoms with Gasteiger partial charge in [0.05, 0.1) is 11.5 Å². The summed E-state index contributed by atoms with van der Waals surface area (Å²) < 4.78 is 14.1. The highest BCUT2D eigenvalue weighted by Crippen LogP contribution is 2.43. The van der Waals surface area contributed by atoms with Crippen LogP contribution in [0.15, 0.2) is 78.4 Å². The summed E-state index contributed by atoms with van der Waals surface area (Å²) >= 11 is 0. The number of carbonyl (C=O) groups is 2.